The molecule has 3 rings (SSSR count). The van der Waals surface area contributed by atoms with Crippen molar-refractivity contribution in [2.24, 2.45) is 5.92 Å². The van der Waals surface area contributed by atoms with Gasteiger partial charge < -0.3 is 24.7 Å². The zero-order chi connectivity index (χ0) is 22.4. The molecule has 8 nitrogen and oxygen atoms in total. The minimum atomic E-state index is -0.644. The molecule has 0 aromatic carbocycles. The van der Waals surface area contributed by atoms with Crippen LogP contribution >= 0.6 is 15.9 Å². The van der Waals surface area contributed by atoms with Crippen LogP contribution in [0.4, 0.5) is 4.79 Å². The summed E-state index contributed by atoms with van der Waals surface area (Å²) in [5.41, 5.74) is 1.55. The second-order valence-electron chi connectivity index (χ2n) is 7.74. The van der Waals surface area contributed by atoms with Crippen LogP contribution in [0.25, 0.3) is 5.57 Å². The lowest BCUT2D eigenvalue weighted by Crippen LogP contribution is -2.53. The van der Waals surface area contributed by atoms with Crippen LogP contribution < -0.4 is 5.32 Å². The highest BCUT2D eigenvalue weighted by molar-refractivity contribution is 9.11. The molecule has 2 unspecified atom stereocenters. The van der Waals surface area contributed by atoms with Crippen LogP contribution in [0.2, 0.25) is 0 Å². The predicted molar refractivity (Wildman–Crippen MR) is 121 cm³/mol. The van der Waals surface area contributed by atoms with E-state index in [0.29, 0.717) is 19.8 Å². The zero-order valence-corrected chi connectivity index (χ0v) is 19.3. The van der Waals surface area contributed by atoms with Crippen LogP contribution in [-0.4, -0.2) is 59.8 Å². The van der Waals surface area contributed by atoms with E-state index in [4.69, 9.17) is 9.47 Å². The van der Waals surface area contributed by atoms with E-state index in [-0.39, 0.29) is 17.9 Å². The van der Waals surface area contributed by atoms with Gasteiger partial charge in [0.05, 0.1) is 25.0 Å². The second kappa shape index (κ2) is 10.8. The lowest BCUT2D eigenvalue weighted by atomic mass is 9.90. The zero-order valence-electron chi connectivity index (χ0n) is 17.7. The quantitative estimate of drug-likeness (QED) is 0.565. The van der Waals surface area contributed by atoms with Crippen molar-refractivity contribution in [2.45, 2.75) is 37.8 Å². The van der Waals surface area contributed by atoms with Gasteiger partial charge in [-0.3, -0.25) is 4.79 Å². The van der Waals surface area contributed by atoms with Gasteiger partial charge in [-0.15, -0.1) is 0 Å². The minimum absolute atomic E-state index is 0.0102. The standard InChI is InChI=1S/C22H29BrN4O4/c1-14(6-7-15(2)23)17-13-24-20(25-17)18-5-4-10-27(18)21(28)19(26-22(29)30-3)16-8-11-31-12-9-16/h6-7,13,16,18-19H,1-2,4-5,8-12H2,3H3,(H,24,25)(H,26,29)/b7-6-. The molecule has 31 heavy (non-hydrogen) atoms. The summed E-state index contributed by atoms with van der Waals surface area (Å²) >= 11 is 3.29. The van der Waals surface area contributed by atoms with Gasteiger partial charge in [-0.1, -0.05) is 35.2 Å². The molecular formula is C22H29BrN4O4. The van der Waals surface area contributed by atoms with Gasteiger partial charge in [0.15, 0.2) is 0 Å². The maximum absolute atomic E-state index is 13.5. The van der Waals surface area contributed by atoms with E-state index in [1.807, 2.05) is 17.1 Å². The number of imidazole rings is 1. The number of hydrogen-bond donors (Lipinski definition) is 2. The first-order valence-electron chi connectivity index (χ1n) is 10.4. The molecule has 0 saturated carbocycles. The molecule has 0 bridgehead atoms. The van der Waals surface area contributed by atoms with Gasteiger partial charge in [-0.05, 0) is 43.3 Å². The summed E-state index contributed by atoms with van der Waals surface area (Å²) in [6.07, 6.45) is 7.88. The molecule has 9 heteroatoms. The number of carbonyl (C=O) groups excluding carboxylic acids is 2. The number of rotatable bonds is 7. The Hall–Kier alpha value is -2.39. The second-order valence-corrected chi connectivity index (χ2v) is 8.76. The molecular weight excluding hydrogens is 464 g/mol. The molecule has 0 radical (unpaired) electrons. The monoisotopic (exact) mass is 492 g/mol. The molecule has 2 amide bonds. The molecule has 2 N–H and O–H groups in total. The van der Waals surface area contributed by atoms with E-state index >= 15 is 0 Å². The molecule has 2 fully saturated rings. The number of carbonyl (C=O) groups is 2. The molecule has 2 aliphatic heterocycles. The van der Waals surface area contributed by atoms with Gasteiger partial charge in [0.25, 0.3) is 0 Å². The number of hydrogen-bond acceptors (Lipinski definition) is 5. The number of aromatic nitrogens is 2. The summed E-state index contributed by atoms with van der Waals surface area (Å²) in [5, 5.41) is 2.76. The number of methoxy groups -OCH3 is 1. The number of H-pyrrole nitrogens is 1. The van der Waals surface area contributed by atoms with Crippen LogP contribution in [0.3, 0.4) is 0 Å². The number of likely N-dealkylation sites (tertiary alicyclic amines) is 1. The van der Waals surface area contributed by atoms with Crippen LogP contribution in [0.5, 0.6) is 0 Å². The molecule has 3 heterocycles. The highest BCUT2D eigenvalue weighted by Gasteiger charge is 2.40. The van der Waals surface area contributed by atoms with Crippen LogP contribution in [0.1, 0.15) is 43.2 Å². The summed E-state index contributed by atoms with van der Waals surface area (Å²) in [4.78, 5) is 35.1. The maximum Gasteiger partial charge on any atom is 0.407 e. The summed E-state index contributed by atoms with van der Waals surface area (Å²) in [6, 6.07) is -0.819. The average molecular weight is 493 g/mol. The van der Waals surface area contributed by atoms with Crippen molar-refractivity contribution >= 4 is 33.5 Å². The van der Waals surface area contributed by atoms with Gasteiger partial charge in [0.1, 0.15) is 11.9 Å². The molecule has 1 aromatic heterocycles. The number of amides is 2. The Morgan fingerprint density at radius 1 is 1.35 bits per heavy atom. The predicted octanol–water partition coefficient (Wildman–Crippen LogP) is 3.70. The van der Waals surface area contributed by atoms with Crippen molar-refractivity contribution in [3.63, 3.8) is 0 Å². The minimum Gasteiger partial charge on any atom is -0.453 e. The Labute approximate surface area is 190 Å². The van der Waals surface area contributed by atoms with Gasteiger partial charge in [0.2, 0.25) is 5.91 Å². The third-order valence-corrected chi connectivity index (χ3v) is 5.98. The first-order chi connectivity index (χ1) is 14.9. The highest BCUT2D eigenvalue weighted by Crippen LogP contribution is 2.33. The Morgan fingerprint density at radius 3 is 2.77 bits per heavy atom. The molecule has 0 aliphatic carbocycles. The first kappa shape index (κ1) is 23.3. The fraction of sp³-hybridized carbons (Fsp3) is 0.500. The largest absolute Gasteiger partial charge is 0.453 e. The van der Waals surface area contributed by atoms with E-state index in [0.717, 1.165) is 47.3 Å². The van der Waals surface area contributed by atoms with E-state index in [1.165, 1.54) is 7.11 Å². The normalized spacial score (nSPS) is 20.6. The van der Waals surface area contributed by atoms with Gasteiger partial charge >= 0.3 is 6.09 Å². The summed E-state index contributed by atoms with van der Waals surface area (Å²) in [7, 11) is 1.30. The van der Waals surface area contributed by atoms with Gasteiger partial charge in [0, 0.05) is 24.2 Å². The third kappa shape index (κ3) is 5.86. The third-order valence-electron chi connectivity index (χ3n) is 5.72. The van der Waals surface area contributed by atoms with Gasteiger partial charge in [-0.2, -0.15) is 0 Å². The molecule has 2 aliphatic rings. The van der Waals surface area contributed by atoms with E-state index in [1.54, 1.807) is 6.20 Å². The van der Waals surface area contributed by atoms with Crippen molar-refractivity contribution in [3.8, 4) is 0 Å². The van der Waals surface area contributed by atoms with E-state index in [2.05, 4.69) is 44.4 Å². The van der Waals surface area contributed by atoms with Crippen molar-refractivity contribution in [1.82, 2.24) is 20.2 Å². The van der Waals surface area contributed by atoms with Crippen molar-refractivity contribution in [1.29, 1.82) is 0 Å². The van der Waals surface area contributed by atoms with Crippen molar-refractivity contribution in [3.05, 3.63) is 47.5 Å². The number of halogens is 1. The van der Waals surface area contributed by atoms with E-state index < -0.39 is 12.1 Å². The number of allylic oxidation sites excluding steroid dienone is 4. The summed E-state index contributed by atoms with van der Waals surface area (Å²) < 4.78 is 10.9. The van der Waals surface area contributed by atoms with Crippen LogP contribution in [0.15, 0.2) is 36.0 Å². The molecule has 2 atom stereocenters. The average Bonchev–Trinajstić information content (AvgIpc) is 3.45. The SMILES string of the molecule is C=C(Br)/C=C\C(=C)c1cnc(C2CCCN2C(=O)C(NC(=O)OC)C2CCOCC2)[nH]1. The topological polar surface area (TPSA) is 96.6 Å². The number of nitrogens with one attached hydrogen (secondary N) is 2. The van der Waals surface area contributed by atoms with E-state index in [9.17, 15) is 9.59 Å². The smallest absolute Gasteiger partial charge is 0.407 e. The van der Waals surface area contributed by atoms with Crippen LogP contribution in [-0.2, 0) is 14.3 Å². The first-order valence-corrected chi connectivity index (χ1v) is 11.2. The number of alkyl carbamates (subject to hydrolysis) is 1. The fourth-order valence-corrected chi connectivity index (χ4v) is 4.19. The fourth-order valence-electron chi connectivity index (χ4n) is 4.06. The Morgan fingerprint density at radius 2 is 2.10 bits per heavy atom. The summed E-state index contributed by atoms with van der Waals surface area (Å²) in [5.74, 6) is 0.625. The van der Waals surface area contributed by atoms with Crippen molar-refractivity contribution in [2.75, 3.05) is 26.9 Å². The lowest BCUT2D eigenvalue weighted by Gasteiger charge is -2.34. The summed E-state index contributed by atoms with van der Waals surface area (Å²) in [6.45, 7) is 9.60. The Balaban J connectivity index is 1.77. The Kier molecular flexibility index (Phi) is 8.09. The van der Waals surface area contributed by atoms with Gasteiger partial charge in [-0.25, -0.2) is 9.78 Å². The molecule has 0 spiro atoms. The number of ether oxygens (including phenoxy) is 2. The Bertz CT molecular complexity index is 859. The number of aromatic amines is 1. The lowest BCUT2D eigenvalue weighted by molar-refractivity contribution is -0.136. The molecule has 2 saturated heterocycles. The van der Waals surface area contributed by atoms with Crippen molar-refractivity contribution < 1.29 is 19.1 Å². The highest BCUT2D eigenvalue weighted by atomic mass is 79.9. The van der Waals surface area contributed by atoms with Crippen LogP contribution in [0, 0.1) is 5.92 Å². The molecule has 1 aromatic rings. The number of nitrogens with zero attached hydrogens (tertiary/aromatic N) is 2. The molecule has 168 valence electrons. The maximum atomic E-state index is 13.5.